The molecule has 0 saturated carbocycles. The summed E-state index contributed by atoms with van der Waals surface area (Å²) in [6.45, 7) is 4.83. The van der Waals surface area contributed by atoms with Crippen molar-refractivity contribution in [2.75, 3.05) is 23.8 Å². The Morgan fingerprint density at radius 1 is 1.29 bits per heavy atom. The summed E-state index contributed by atoms with van der Waals surface area (Å²) in [6.07, 6.45) is 3.31. The first kappa shape index (κ1) is 20.3. The number of pyridine rings is 2. The van der Waals surface area contributed by atoms with E-state index in [0.717, 1.165) is 11.3 Å². The zero-order chi connectivity index (χ0) is 22.0. The van der Waals surface area contributed by atoms with Crippen LogP contribution >= 0.6 is 0 Å². The molecular weight excluding hydrogens is 399 g/mol. The number of halogens is 1. The number of nitrogens with zero attached hydrogens (tertiary/aromatic N) is 3. The van der Waals surface area contributed by atoms with Gasteiger partial charge in [0.2, 0.25) is 5.88 Å². The highest BCUT2D eigenvalue weighted by Gasteiger charge is 2.19. The Labute approximate surface area is 178 Å². The third kappa shape index (κ3) is 4.19. The molecule has 9 heteroatoms. The quantitative estimate of drug-likeness (QED) is 0.589. The number of nitrogens with one attached hydrogen (secondary N) is 3. The number of rotatable bonds is 4. The van der Waals surface area contributed by atoms with Crippen molar-refractivity contribution in [3.05, 3.63) is 42.0 Å². The molecule has 8 nitrogen and oxygen atoms in total. The number of carbonyl (C=O) groups is 1. The fourth-order valence-electron chi connectivity index (χ4n) is 3.50. The van der Waals surface area contributed by atoms with Gasteiger partial charge in [-0.25, -0.2) is 19.2 Å². The minimum Gasteiger partial charge on any atom is -0.474 e. The predicted molar refractivity (Wildman–Crippen MR) is 116 cm³/mol. The highest BCUT2D eigenvalue weighted by molar-refractivity contribution is 5.94. The topological polar surface area (TPSA) is 112 Å². The summed E-state index contributed by atoms with van der Waals surface area (Å²) in [7, 11) is 0. The molecule has 0 radical (unpaired) electrons. The first-order valence-electron chi connectivity index (χ1n) is 9.86. The third-order valence-corrected chi connectivity index (χ3v) is 5.06. The van der Waals surface area contributed by atoms with Crippen molar-refractivity contribution in [2.24, 2.45) is 0 Å². The zero-order valence-electron chi connectivity index (χ0n) is 17.1. The van der Waals surface area contributed by atoms with Gasteiger partial charge in [0.15, 0.2) is 0 Å². The van der Waals surface area contributed by atoms with E-state index in [9.17, 15) is 9.18 Å². The first-order valence-corrected chi connectivity index (χ1v) is 9.86. The fraction of sp³-hybridized carbons (Fsp3) is 0.273. The van der Waals surface area contributed by atoms with Gasteiger partial charge in [0.1, 0.15) is 23.9 Å². The molecule has 0 spiro atoms. The molecule has 1 atom stereocenters. The standard InChI is InChI=1S/C22H21FN6O2/c1-12(3-4-24)28-22(30)29-19-9-14-7-16(18(23)8-15(14)10-26-19)17-11-27-21-20(13(17)2)25-5-6-31-21/h7-12,25H,3,5-6H2,1-2H3,(H2,26,28,29,30)/t12-/m1/s1. The minimum atomic E-state index is -0.460. The second-order valence-electron chi connectivity index (χ2n) is 7.36. The normalized spacial score (nSPS) is 13.4. The average Bonchev–Trinajstić information content (AvgIpc) is 2.74. The van der Waals surface area contributed by atoms with Crippen molar-refractivity contribution in [2.45, 2.75) is 26.3 Å². The van der Waals surface area contributed by atoms with E-state index in [-0.39, 0.29) is 18.3 Å². The van der Waals surface area contributed by atoms with Crippen molar-refractivity contribution in [3.8, 4) is 23.1 Å². The molecular formula is C22H21FN6O2. The summed E-state index contributed by atoms with van der Waals surface area (Å²) >= 11 is 0. The Morgan fingerprint density at radius 3 is 2.94 bits per heavy atom. The number of fused-ring (bicyclic) bond motifs is 2. The molecule has 4 rings (SSSR count). The van der Waals surface area contributed by atoms with Gasteiger partial charge in [-0.15, -0.1) is 0 Å². The van der Waals surface area contributed by atoms with Crippen molar-refractivity contribution in [1.82, 2.24) is 15.3 Å². The summed E-state index contributed by atoms with van der Waals surface area (Å²) in [4.78, 5) is 20.6. The molecule has 3 N–H and O–H groups in total. The van der Waals surface area contributed by atoms with E-state index < -0.39 is 6.03 Å². The van der Waals surface area contributed by atoms with E-state index in [1.165, 1.54) is 12.3 Å². The van der Waals surface area contributed by atoms with E-state index in [1.807, 2.05) is 13.0 Å². The molecule has 1 aliphatic heterocycles. The van der Waals surface area contributed by atoms with Crippen molar-refractivity contribution >= 4 is 28.3 Å². The number of aromatic nitrogens is 2. The molecule has 0 fully saturated rings. The van der Waals surface area contributed by atoms with Crippen LogP contribution in [-0.2, 0) is 0 Å². The molecule has 3 heterocycles. The Kier molecular flexibility index (Phi) is 5.54. The maximum Gasteiger partial charge on any atom is 0.320 e. The van der Waals surface area contributed by atoms with Crippen LogP contribution in [0.3, 0.4) is 0 Å². The maximum absolute atomic E-state index is 14.9. The van der Waals surface area contributed by atoms with Crippen LogP contribution in [0.1, 0.15) is 18.9 Å². The lowest BCUT2D eigenvalue weighted by Gasteiger charge is -2.21. The van der Waals surface area contributed by atoms with Crippen LogP contribution in [-0.4, -0.2) is 35.2 Å². The lowest BCUT2D eigenvalue weighted by molar-refractivity contribution is 0.249. The lowest BCUT2D eigenvalue weighted by atomic mass is 9.98. The summed E-state index contributed by atoms with van der Waals surface area (Å²) in [5.74, 6) is 0.447. The molecule has 1 aliphatic rings. The highest BCUT2D eigenvalue weighted by Crippen LogP contribution is 2.37. The van der Waals surface area contributed by atoms with Gasteiger partial charge in [-0.2, -0.15) is 5.26 Å². The molecule has 158 valence electrons. The number of carbonyl (C=O) groups excluding carboxylic acids is 1. The van der Waals surface area contributed by atoms with Crippen LogP contribution in [0.25, 0.3) is 21.9 Å². The van der Waals surface area contributed by atoms with Gasteiger partial charge >= 0.3 is 6.03 Å². The van der Waals surface area contributed by atoms with Crippen LogP contribution in [0.5, 0.6) is 5.88 Å². The number of hydrogen-bond acceptors (Lipinski definition) is 6. The van der Waals surface area contributed by atoms with E-state index in [0.29, 0.717) is 46.7 Å². The van der Waals surface area contributed by atoms with Gasteiger partial charge < -0.3 is 15.4 Å². The van der Waals surface area contributed by atoms with Crippen LogP contribution < -0.4 is 20.7 Å². The Balaban J connectivity index is 1.66. The molecule has 0 bridgehead atoms. The number of anilines is 2. The lowest BCUT2D eigenvalue weighted by Crippen LogP contribution is -2.36. The molecule has 0 unspecified atom stereocenters. The monoisotopic (exact) mass is 420 g/mol. The van der Waals surface area contributed by atoms with E-state index in [1.54, 1.807) is 25.3 Å². The van der Waals surface area contributed by atoms with Gasteiger partial charge in [-0.05, 0) is 43.0 Å². The highest BCUT2D eigenvalue weighted by atomic mass is 19.1. The Morgan fingerprint density at radius 2 is 2.13 bits per heavy atom. The Bertz CT molecular complexity index is 1210. The van der Waals surface area contributed by atoms with Crippen LogP contribution in [0.2, 0.25) is 0 Å². The van der Waals surface area contributed by atoms with Crippen molar-refractivity contribution in [1.29, 1.82) is 5.26 Å². The van der Waals surface area contributed by atoms with Crippen molar-refractivity contribution in [3.63, 3.8) is 0 Å². The largest absolute Gasteiger partial charge is 0.474 e. The van der Waals surface area contributed by atoms with E-state index >= 15 is 0 Å². The molecule has 1 aromatic carbocycles. The molecule has 0 aliphatic carbocycles. The van der Waals surface area contributed by atoms with Gasteiger partial charge in [0, 0.05) is 41.5 Å². The number of ether oxygens (including phenoxy) is 1. The molecule has 2 aromatic heterocycles. The number of amides is 2. The van der Waals surface area contributed by atoms with E-state index in [2.05, 4.69) is 25.9 Å². The summed E-state index contributed by atoms with van der Waals surface area (Å²) in [6, 6.07) is 6.06. The first-order chi connectivity index (χ1) is 15.0. The molecule has 31 heavy (non-hydrogen) atoms. The minimum absolute atomic E-state index is 0.204. The van der Waals surface area contributed by atoms with Gasteiger partial charge in [0.05, 0.1) is 12.5 Å². The maximum atomic E-state index is 14.9. The number of urea groups is 1. The zero-order valence-corrected chi connectivity index (χ0v) is 17.1. The van der Waals surface area contributed by atoms with Crippen LogP contribution in [0.15, 0.2) is 30.6 Å². The average molecular weight is 420 g/mol. The fourth-order valence-corrected chi connectivity index (χ4v) is 3.50. The molecule has 3 aromatic rings. The summed E-state index contributed by atoms with van der Waals surface area (Å²) in [5.41, 5.74) is 2.67. The van der Waals surface area contributed by atoms with Gasteiger partial charge in [-0.1, -0.05) is 0 Å². The number of benzene rings is 1. The SMILES string of the molecule is Cc1c(-c2cc3cc(NC(=O)N[C@H](C)CC#N)ncc3cc2F)cnc2c1NCCO2. The van der Waals surface area contributed by atoms with Gasteiger partial charge in [-0.3, -0.25) is 5.32 Å². The molecule has 0 saturated heterocycles. The number of hydrogen-bond donors (Lipinski definition) is 3. The second-order valence-corrected chi connectivity index (χ2v) is 7.36. The smallest absolute Gasteiger partial charge is 0.320 e. The van der Waals surface area contributed by atoms with Gasteiger partial charge in [0.25, 0.3) is 0 Å². The molecule has 2 amide bonds. The van der Waals surface area contributed by atoms with E-state index in [4.69, 9.17) is 10.00 Å². The predicted octanol–water partition coefficient (Wildman–Crippen LogP) is 3.97. The summed E-state index contributed by atoms with van der Waals surface area (Å²) < 4.78 is 20.5. The van der Waals surface area contributed by atoms with Crippen LogP contribution in [0, 0.1) is 24.1 Å². The summed E-state index contributed by atoms with van der Waals surface area (Å²) in [5, 5.41) is 18.6. The Hall–Kier alpha value is -3.93. The third-order valence-electron chi connectivity index (χ3n) is 5.06. The van der Waals surface area contributed by atoms with Crippen molar-refractivity contribution < 1.29 is 13.9 Å². The number of nitriles is 1. The second kappa shape index (κ2) is 8.44. The van der Waals surface area contributed by atoms with Crippen LogP contribution in [0.4, 0.5) is 20.7 Å².